The van der Waals surface area contributed by atoms with E-state index in [1.807, 2.05) is 12.1 Å². The lowest BCUT2D eigenvalue weighted by Gasteiger charge is -2.00. The fraction of sp³-hybridized carbons (Fsp3) is 0.200. The third-order valence-corrected chi connectivity index (χ3v) is 3.01. The lowest BCUT2D eigenvalue weighted by atomic mass is 10.3. The minimum Gasteiger partial charge on any atom is -0.307 e. The molecule has 2 aromatic heterocycles. The first-order valence-electron chi connectivity index (χ1n) is 4.95. The van der Waals surface area contributed by atoms with Crippen molar-refractivity contribution < 1.29 is 4.92 Å². The van der Waals surface area contributed by atoms with Crippen LogP contribution in [0.1, 0.15) is 11.3 Å². The Kier molecular flexibility index (Phi) is 3.73. The van der Waals surface area contributed by atoms with Crippen LogP contribution < -0.4 is 5.32 Å². The van der Waals surface area contributed by atoms with Crippen LogP contribution >= 0.6 is 11.3 Å². The topological polar surface area (TPSA) is 81.0 Å². The first-order chi connectivity index (χ1) is 8.25. The van der Waals surface area contributed by atoms with Gasteiger partial charge in [0.25, 0.3) is 0 Å². The standard InChI is InChI=1S/C10H10N4O2S/c15-14(16)10-4-8(7-17-10)5-11-6-9-2-1-3-12-13-9/h1-4,7,11H,5-6H2. The highest BCUT2D eigenvalue weighted by atomic mass is 32.1. The van der Waals surface area contributed by atoms with E-state index in [1.165, 1.54) is 0 Å². The third kappa shape index (κ3) is 3.30. The van der Waals surface area contributed by atoms with E-state index >= 15 is 0 Å². The number of nitrogens with one attached hydrogen (secondary N) is 1. The Morgan fingerprint density at radius 2 is 2.35 bits per heavy atom. The highest BCUT2D eigenvalue weighted by molar-refractivity contribution is 7.13. The summed E-state index contributed by atoms with van der Waals surface area (Å²) in [5.41, 5.74) is 1.75. The Bertz CT molecular complexity index is 500. The van der Waals surface area contributed by atoms with Crippen LogP contribution in [0.15, 0.2) is 29.8 Å². The maximum atomic E-state index is 10.5. The molecular formula is C10H10N4O2S. The summed E-state index contributed by atoms with van der Waals surface area (Å²) in [6.45, 7) is 1.18. The van der Waals surface area contributed by atoms with Crippen LogP contribution in [0.3, 0.4) is 0 Å². The van der Waals surface area contributed by atoms with Gasteiger partial charge in [-0.2, -0.15) is 10.2 Å². The van der Waals surface area contributed by atoms with Crippen molar-refractivity contribution >= 4 is 16.3 Å². The lowest BCUT2D eigenvalue weighted by Crippen LogP contribution is -2.13. The molecule has 0 spiro atoms. The van der Waals surface area contributed by atoms with Crippen LogP contribution in [0.5, 0.6) is 0 Å². The SMILES string of the molecule is O=[N+]([O-])c1cc(CNCc2cccnn2)cs1. The molecule has 88 valence electrons. The van der Waals surface area contributed by atoms with Crippen molar-refractivity contribution in [2.75, 3.05) is 0 Å². The van der Waals surface area contributed by atoms with Gasteiger partial charge in [-0.3, -0.25) is 10.1 Å². The molecule has 6 nitrogen and oxygen atoms in total. The van der Waals surface area contributed by atoms with Crippen molar-refractivity contribution in [3.63, 3.8) is 0 Å². The molecule has 0 aromatic carbocycles. The van der Waals surface area contributed by atoms with Gasteiger partial charge in [-0.25, -0.2) is 0 Å². The fourth-order valence-corrected chi connectivity index (χ4v) is 2.04. The van der Waals surface area contributed by atoms with E-state index in [2.05, 4.69) is 15.5 Å². The van der Waals surface area contributed by atoms with Crippen molar-refractivity contribution in [3.8, 4) is 0 Å². The van der Waals surface area contributed by atoms with Crippen molar-refractivity contribution in [3.05, 3.63) is 51.1 Å². The van der Waals surface area contributed by atoms with Crippen molar-refractivity contribution in [2.45, 2.75) is 13.1 Å². The summed E-state index contributed by atoms with van der Waals surface area (Å²) in [5, 5.41) is 23.3. The van der Waals surface area contributed by atoms with Gasteiger partial charge in [-0.05, 0) is 17.7 Å². The van der Waals surface area contributed by atoms with E-state index in [0.29, 0.717) is 13.1 Å². The van der Waals surface area contributed by atoms with Crippen molar-refractivity contribution in [1.29, 1.82) is 0 Å². The Balaban J connectivity index is 1.84. The van der Waals surface area contributed by atoms with Gasteiger partial charge >= 0.3 is 5.00 Å². The molecule has 7 heteroatoms. The van der Waals surface area contributed by atoms with Crippen LogP contribution in [-0.2, 0) is 13.1 Å². The van der Waals surface area contributed by atoms with Crippen LogP contribution in [0.25, 0.3) is 0 Å². The highest BCUT2D eigenvalue weighted by Gasteiger charge is 2.08. The van der Waals surface area contributed by atoms with Gasteiger partial charge in [0.15, 0.2) is 0 Å². The quantitative estimate of drug-likeness (QED) is 0.645. The molecule has 2 rings (SSSR count). The van der Waals surface area contributed by atoms with E-state index in [-0.39, 0.29) is 9.92 Å². The number of hydrogen-bond acceptors (Lipinski definition) is 6. The van der Waals surface area contributed by atoms with E-state index in [1.54, 1.807) is 17.6 Å². The van der Waals surface area contributed by atoms with Gasteiger partial charge in [0.1, 0.15) is 0 Å². The van der Waals surface area contributed by atoms with Gasteiger partial charge < -0.3 is 5.32 Å². The normalized spacial score (nSPS) is 10.4. The van der Waals surface area contributed by atoms with Crippen molar-refractivity contribution in [1.82, 2.24) is 15.5 Å². The Morgan fingerprint density at radius 1 is 1.47 bits per heavy atom. The zero-order valence-electron chi connectivity index (χ0n) is 8.87. The second kappa shape index (κ2) is 5.46. The predicted molar refractivity (Wildman–Crippen MR) is 63.5 cm³/mol. The Morgan fingerprint density at radius 3 is 3.00 bits per heavy atom. The fourth-order valence-electron chi connectivity index (χ4n) is 1.31. The largest absolute Gasteiger partial charge is 0.324 e. The predicted octanol–water partition coefficient (Wildman–Crippen LogP) is 1.74. The summed E-state index contributed by atoms with van der Waals surface area (Å²) in [4.78, 5) is 10.1. The molecule has 0 atom stereocenters. The Labute approximate surface area is 101 Å². The highest BCUT2D eigenvalue weighted by Crippen LogP contribution is 2.22. The minimum atomic E-state index is -0.378. The first kappa shape index (κ1) is 11.6. The van der Waals surface area contributed by atoms with Gasteiger partial charge in [0.2, 0.25) is 0 Å². The van der Waals surface area contributed by atoms with Gasteiger partial charge in [0, 0.05) is 30.7 Å². The van der Waals surface area contributed by atoms with Crippen molar-refractivity contribution in [2.24, 2.45) is 0 Å². The number of nitrogens with zero attached hydrogens (tertiary/aromatic N) is 3. The van der Waals surface area contributed by atoms with Crippen LogP contribution in [0.2, 0.25) is 0 Å². The summed E-state index contributed by atoms with van der Waals surface area (Å²) in [5.74, 6) is 0. The van der Waals surface area contributed by atoms with E-state index in [4.69, 9.17) is 0 Å². The second-order valence-corrected chi connectivity index (χ2v) is 4.26. The number of thiophene rings is 1. The molecule has 0 unspecified atom stereocenters. The van der Waals surface area contributed by atoms with Gasteiger partial charge in [0.05, 0.1) is 10.6 Å². The zero-order valence-corrected chi connectivity index (χ0v) is 9.68. The average Bonchev–Trinajstić information content (AvgIpc) is 2.79. The monoisotopic (exact) mass is 250 g/mol. The number of aromatic nitrogens is 2. The summed E-state index contributed by atoms with van der Waals surface area (Å²) in [6, 6.07) is 5.27. The summed E-state index contributed by atoms with van der Waals surface area (Å²) in [6.07, 6.45) is 1.62. The molecule has 0 radical (unpaired) electrons. The van der Waals surface area contributed by atoms with Crippen LogP contribution in [-0.4, -0.2) is 15.1 Å². The van der Waals surface area contributed by atoms with E-state index in [0.717, 1.165) is 22.6 Å². The third-order valence-electron chi connectivity index (χ3n) is 2.08. The maximum absolute atomic E-state index is 10.5. The number of nitro groups is 1. The number of hydrogen-bond donors (Lipinski definition) is 1. The van der Waals surface area contributed by atoms with Crippen LogP contribution in [0, 0.1) is 10.1 Å². The summed E-state index contributed by atoms with van der Waals surface area (Å²) >= 11 is 1.14. The van der Waals surface area contributed by atoms with Crippen LogP contribution in [0.4, 0.5) is 5.00 Å². The smallest absolute Gasteiger partial charge is 0.307 e. The second-order valence-electron chi connectivity index (χ2n) is 3.37. The molecule has 0 amide bonds. The molecule has 1 N–H and O–H groups in total. The Hall–Kier alpha value is -1.86. The lowest BCUT2D eigenvalue weighted by molar-refractivity contribution is -0.380. The number of rotatable bonds is 5. The average molecular weight is 250 g/mol. The molecule has 0 saturated heterocycles. The molecule has 17 heavy (non-hydrogen) atoms. The minimum absolute atomic E-state index is 0.168. The molecular weight excluding hydrogens is 240 g/mol. The zero-order chi connectivity index (χ0) is 12.1. The molecule has 0 bridgehead atoms. The summed E-state index contributed by atoms with van der Waals surface area (Å²) in [7, 11) is 0. The molecule has 2 heterocycles. The van der Waals surface area contributed by atoms with E-state index < -0.39 is 0 Å². The van der Waals surface area contributed by atoms with Gasteiger partial charge in [-0.1, -0.05) is 11.3 Å². The molecule has 0 aliphatic rings. The van der Waals surface area contributed by atoms with E-state index in [9.17, 15) is 10.1 Å². The summed E-state index contributed by atoms with van der Waals surface area (Å²) < 4.78 is 0. The molecule has 0 saturated carbocycles. The molecule has 0 fully saturated rings. The molecule has 0 aliphatic carbocycles. The maximum Gasteiger partial charge on any atom is 0.324 e. The first-order valence-corrected chi connectivity index (χ1v) is 5.83. The molecule has 0 aliphatic heterocycles. The van der Waals surface area contributed by atoms with Gasteiger partial charge in [-0.15, -0.1) is 0 Å². The molecule has 2 aromatic rings.